The number of ether oxygens (including phenoxy) is 6. The van der Waals surface area contributed by atoms with Crippen molar-refractivity contribution in [2.24, 2.45) is 35.3 Å². The summed E-state index contributed by atoms with van der Waals surface area (Å²) in [5, 5.41) is 38.2. The molecule has 0 spiro atoms. The summed E-state index contributed by atoms with van der Waals surface area (Å²) in [6.07, 6.45) is -6.78. The lowest BCUT2D eigenvalue weighted by Crippen LogP contribution is -2.66. The number of hydrogen-bond donors (Lipinski definition) is 6. The second kappa shape index (κ2) is 19.1. The maximum Gasteiger partial charge on any atom is 0.405 e. The summed E-state index contributed by atoms with van der Waals surface area (Å²) in [7, 11) is 1.29. The van der Waals surface area contributed by atoms with Gasteiger partial charge >= 0.3 is 12.1 Å². The van der Waals surface area contributed by atoms with Crippen LogP contribution in [0.1, 0.15) is 83.9 Å². The highest BCUT2D eigenvalue weighted by Gasteiger charge is 2.59. The second-order valence-electron chi connectivity index (χ2n) is 18.0. The highest BCUT2D eigenvalue weighted by Crippen LogP contribution is 2.50. The molecule has 4 heterocycles. The number of nitrogens with zero attached hydrogens (tertiary/aromatic N) is 1. The van der Waals surface area contributed by atoms with Crippen LogP contribution in [0.4, 0.5) is 4.79 Å². The fourth-order valence-electron chi connectivity index (χ4n) is 10.3. The van der Waals surface area contributed by atoms with E-state index < -0.39 is 144 Å². The van der Waals surface area contributed by atoms with Gasteiger partial charge < -0.3 is 59.8 Å². The number of aliphatic hydroxyl groups excluding tert-OH is 2. The lowest BCUT2D eigenvalue weighted by molar-refractivity contribution is -0.296. The van der Waals surface area contributed by atoms with E-state index in [1.165, 1.54) is 18.9 Å². The number of Topliss-reactive ketones (excluding diaryl/α,β-unsaturated/α-hetero) is 1. The lowest BCUT2D eigenvalue weighted by atomic mass is 9.60. The number of ketones is 1. The number of aromatic nitrogens is 1. The number of aliphatic hydroxyl groups is 3. The van der Waals surface area contributed by atoms with E-state index in [2.05, 4.69) is 16.9 Å². The van der Waals surface area contributed by atoms with Crippen molar-refractivity contribution in [1.82, 2.24) is 15.2 Å². The molecule has 3 fully saturated rings. The topological polar surface area (TPSA) is 258 Å². The van der Waals surface area contributed by atoms with Gasteiger partial charge in [-0.3, -0.25) is 24.1 Å². The minimum atomic E-state index is -1.93. The van der Waals surface area contributed by atoms with E-state index in [0.29, 0.717) is 18.5 Å². The highest BCUT2D eigenvalue weighted by molar-refractivity contribution is 6.44. The molecule has 64 heavy (non-hydrogen) atoms. The van der Waals surface area contributed by atoms with Crippen LogP contribution in [0, 0.1) is 36.5 Å². The molecular formula is C44H60Cl2N4O14. The number of amides is 3. The third-order valence-electron chi connectivity index (χ3n) is 13.5. The average Bonchev–Trinajstić information content (AvgIpc) is 3.63. The van der Waals surface area contributed by atoms with Gasteiger partial charge in [0.2, 0.25) is 0 Å². The number of carbonyl (C=O) groups excluding carboxylic acids is 5. The number of aryl methyl sites for hydroxylation is 1. The molecule has 3 amide bonds. The molecule has 7 N–H and O–H groups in total. The summed E-state index contributed by atoms with van der Waals surface area (Å²) in [6, 6.07) is -2.10. The van der Waals surface area contributed by atoms with Gasteiger partial charge in [0.05, 0.1) is 40.4 Å². The van der Waals surface area contributed by atoms with Crippen LogP contribution in [0.2, 0.25) is 10.0 Å². The molecule has 2 unspecified atom stereocenters. The Bertz CT molecular complexity index is 2090. The molecule has 3 aliphatic heterocycles. The fraction of sp³-hybridized carbons (Fsp3) is 0.659. The van der Waals surface area contributed by atoms with Gasteiger partial charge in [-0.1, -0.05) is 68.3 Å². The normalized spacial score (nSPS) is 37.1. The van der Waals surface area contributed by atoms with E-state index in [4.69, 9.17) is 57.4 Å². The fourth-order valence-corrected chi connectivity index (χ4v) is 10.7. The number of nitrogens with one attached hydrogen (secondary N) is 2. The number of esters is 1. The van der Waals surface area contributed by atoms with Crippen molar-refractivity contribution < 1.29 is 67.7 Å². The molecule has 0 aromatic carbocycles. The molecule has 6 rings (SSSR count). The summed E-state index contributed by atoms with van der Waals surface area (Å²) in [5.41, 5.74) is 4.22. The number of allylic oxidation sites excluding steroid dienone is 2. The molecule has 354 valence electrons. The molecule has 1 aromatic heterocycles. The minimum Gasteiger partial charge on any atom is -0.509 e. The molecule has 5 aliphatic rings. The molecule has 1 saturated carbocycles. The van der Waals surface area contributed by atoms with E-state index in [9.17, 15) is 34.5 Å². The standard InChI is InChI=1S/C44H60Cl2N4O14/c1-16(2)33-35(53)29(41(56)50(33)42-38(59-10)37(62-23(9)51)36(20(6)61-42)64-43(47)57)34(52)28-18(4)11-13-24-25(14-12-17(3)27(24)28)63-26-15-44(58,39(54)21(7)60-26)22(8)49-40(55)32-31(46)30(45)19(5)48-32/h11,13,16,18,20-22,24-28,33,36-39,42,48,53-54,58H,3,12,14-15H2,1-2,4-10H3,(H2,47,57)(H,49,55)/t18-,20-,21+,22?,24-,25+,26-,27-,28-,33?,36-,37-,38-,39+,42-,44+/m0/s1. The number of primary amides is 1. The molecule has 18 nitrogen and oxygen atoms in total. The Morgan fingerprint density at radius 3 is 2.30 bits per heavy atom. The van der Waals surface area contributed by atoms with Crippen LogP contribution in [0.15, 0.2) is 35.6 Å². The number of halogens is 2. The van der Waals surface area contributed by atoms with Crippen molar-refractivity contribution in [3.05, 3.63) is 57.1 Å². The first-order valence-electron chi connectivity index (χ1n) is 21.5. The summed E-state index contributed by atoms with van der Waals surface area (Å²) < 4.78 is 35.6. The first kappa shape index (κ1) is 49.4. The van der Waals surface area contributed by atoms with Crippen LogP contribution in [0.3, 0.4) is 0 Å². The van der Waals surface area contributed by atoms with Gasteiger partial charge in [-0.25, -0.2) is 4.79 Å². The number of H-pyrrole nitrogens is 1. The zero-order valence-electron chi connectivity index (χ0n) is 37.3. The van der Waals surface area contributed by atoms with Crippen LogP contribution in [0.5, 0.6) is 0 Å². The average molecular weight is 940 g/mol. The Balaban J connectivity index is 1.25. The van der Waals surface area contributed by atoms with E-state index >= 15 is 4.79 Å². The SMILES string of the molecule is C=C1CC[C@@H](O[C@H]2C[C@@](O)(C(C)NC(=O)c3[nH]c(C)c(Cl)c3Cl)[C@H](O)[C@@H](C)O2)[C@@H]2C=C[C@H](C)[C@H](C(=O)C3=C(O)C(C(C)C)N([C@H]4O[C@@H](C)[C@H](OC(N)=O)[C@H](OC(C)=O)[C@@H]4OC)C3=O)[C@@H]12. The van der Waals surface area contributed by atoms with Crippen molar-refractivity contribution in [3.8, 4) is 0 Å². The molecule has 0 bridgehead atoms. The Morgan fingerprint density at radius 1 is 1.05 bits per heavy atom. The first-order valence-corrected chi connectivity index (χ1v) is 22.2. The van der Waals surface area contributed by atoms with Crippen molar-refractivity contribution >= 4 is 52.9 Å². The molecular weight excluding hydrogens is 879 g/mol. The third-order valence-corrected chi connectivity index (χ3v) is 14.4. The summed E-state index contributed by atoms with van der Waals surface area (Å²) in [6.45, 7) is 17.2. The largest absolute Gasteiger partial charge is 0.509 e. The van der Waals surface area contributed by atoms with Crippen LogP contribution < -0.4 is 11.1 Å². The Hall–Kier alpha value is -4.01. The zero-order chi connectivity index (χ0) is 47.4. The van der Waals surface area contributed by atoms with E-state index in [1.807, 2.05) is 19.1 Å². The number of rotatable bonds is 12. The number of methoxy groups -OCH3 is 1. The van der Waals surface area contributed by atoms with Crippen LogP contribution in [-0.4, -0.2) is 135 Å². The molecule has 0 radical (unpaired) electrons. The van der Waals surface area contributed by atoms with Crippen LogP contribution >= 0.6 is 23.2 Å². The maximum absolute atomic E-state index is 15.1. The Kier molecular flexibility index (Phi) is 14.7. The van der Waals surface area contributed by atoms with Crippen molar-refractivity contribution in [1.29, 1.82) is 0 Å². The van der Waals surface area contributed by atoms with Gasteiger partial charge in [0, 0.05) is 38.0 Å². The van der Waals surface area contributed by atoms with E-state index in [-0.39, 0.29) is 22.2 Å². The number of carbonyl (C=O) groups is 5. The van der Waals surface area contributed by atoms with Gasteiger partial charge in [0.25, 0.3) is 11.8 Å². The molecule has 16 atom stereocenters. The number of fused-ring (bicyclic) bond motifs is 1. The van der Waals surface area contributed by atoms with Gasteiger partial charge in [0.1, 0.15) is 34.8 Å². The van der Waals surface area contributed by atoms with Crippen LogP contribution in [-0.2, 0) is 42.8 Å². The molecule has 2 saturated heterocycles. The third kappa shape index (κ3) is 8.96. The lowest BCUT2D eigenvalue weighted by Gasteiger charge is -2.50. The smallest absolute Gasteiger partial charge is 0.405 e. The monoisotopic (exact) mass is 938 g/mol. The number of hydrogen-bond acceptors (Lipinski definition) is 14. The predicted octanol–water partition coefficient (Wildman–Crippen LogP) is 4.17. The van der Waals surface area contributed by atoms with Crippen molar-refractivity contribution in [2.75, 3.05) is 7.11 Å². The Morgan fingerprint density at radius 2 is 1.72 bits per heavy atom. The van der Waals surface area contributed by atoms with Crippen molar-refractivity contribution in [3.63, 3.8) is 0 Å². The van der Waals surface area contributed by atoms with E-state index in [1.54, 1.807) is 34.6 Å². The number of nitrogens with two attached hydrogens (primary N) is 1. The van der Waals surface area contributed by atoms with E-state index in [0.717, 1.165) is 12.5 Å². The van der Waals surface area contributed by atoms with Crippen molar-refractivity contribution in [2.45, 2.75) is 148 Å². The van der Waals surface area contributed by atoms with Gasteiger partial charge in [-0.15, -0.1) is 0 Å². The summed E-state index contributed by atoms with van der Waals surface area (Å²) in [5.74, 6) is -6.07. The molecule has 20 heteroatoms. The number of aromatic amines is 1. The summed E-state index contributed by atoms with van der Waals surface area (Å²) in [4.78, 5) is 71.3. The Labute approximate surface area is 381 Å². The zero-order valence-corrected chi connectivity index (χ0v) is 38.8. The molecule has 2 aliphatic carbocycles. The first-order chi connectivity index (χ1) is 29.9. The van der Waals surface area contributed by atoms with Gasteiger partial charge in [-0.05, 0) is 58.3 Å². The highest BCUT2D eigenvalue weighted by atomic mass is 35.5. The van der Waals surface area contributed by atoms with Crippen LogP contribution in [0.25, 0.3) is 0 Å². The maximum atomic E-state index is 15.1. The second-order valence-corrected chi connectivity index (χ2v) is 18.8. The molecule has 1 aromatic rings. The van der Waals surface area contributed by atoms with Gasteiger partial charge in [0.15, 0.2) is 30.5 Å². The summed E-state index contributed by atoms with van der Waals surface area (Å²) >= 11 is 12.5. The minimum absolute atomic E-state index is 0.00280. The quantitative estimate of drug-likeness (QED) is 0.0978. The predicted molar refractivity (Wildman–Crippen MR) is 230 cm³/mol. The van der Waals surface area contributed by atoms with Gasteiger partial charge in [-0.2, -0.15) is 0 Å².